The first-order valence-corrected chi connectivity index (χ1v) is 7.23. The minimum atomic E-state index is -0.0766. The van der Waals surface area contributed by atoms with Crippen LogP contribution in [0.25, 0.3) is 5.69 Å². The number of nitrogens with one attached hydrogen (secondary N) is 1. The number of amides is 1. The third-order valence-electron chi connectivity index (χ3n) is 3.58. The molecule has 1 aliphatic rings. The average Bonchev–Trinajstić information content (AvgIpc) is 2.89. The maximum absolute atomic E-state index is 12.5. The predicted octanol–water partition coefficient (Wildman–Crippen LogP) is 1.27. The van der Waals surface area contributed by atoms with Crippen LogP contribution in [0.5, 0.6) is 0 Å². The Morgan fingerprint density at radius 1 is 1.29 bits per heavy atom. The molecule has 110 valence electrons. The van der Waals surface area contributed by atoms with Gasteiger partial charge in [-0.25, -0.2) is 4.68 Å². The fourth-order valence-corrected chi connectivity index (χ4v) is 2.61. The van der Waals surface area contributed by atoms with Gasteiger partial charge in [0.2, 0.25) is 0 Å². The molecule has 0 atom stereocenters. The number of benzene rings is 1. The minimum Gasteiger partial charge on any atom is -0.335 e. The lowest BCUT2D eigenvalue weighted by Crippen LogP contribution is -2.46. The zero-order valence-electron chi connectivity index (χ0n) is 11.7. The van der Waals surface area contributed by atoms with Crippen molar-refractivity contribution in [2.24, 2.45) is 0 Å². The normalized spacial score (nSPS) is 15.2. The molecule has 1 fully saturated rings. The fraction of sp³-hybridized carbons (Fsp3) is 0.357. The smallest absolute Gasteiger partial charge is 0.276 e. The Labute approximate surface area is 127 Å². The molecular weight excluding hydrogens is 290 g/mol. The van der Waals surface area contributed by atoms with Crippen molar-refractivity contribution in [1.29, 1.82) is 0 Å². The zero-order valence-corrected chi connectivity index (χ0v) is 12.5. The quantitative estimate of drug-likeness (QED) is 0.908. The van der Waals surface area contributed by atoms with Gasteiger partial charge in [0, 0.05) is 26.2 Å². The van der Waals surface area contributed by atoms with E-state index in [-0.39, 0.29) is 5.91 Å². The third-order valence-corrected chi connectivity index (χ3v) is 3.90. The van der Waals surface area contributed by atoms with Gasteiger partial charge in [-0.3, -0.25) is 4.79 Å². The summed E-state index contributed by atoms with van der Waals surface area (Å²) in [4.78, 5) is 14.3. The number of hydrogen-bond donors (Lipinski definition) is 1. The number of para-hydroxylation sites is 1. The summed E-state index contributed by atoms with van der Waals surface area (Å²) in [6.07, 6.45) is 0. The summed E-state index contributed by atoms with van der Waals surface area (Å²) >= 11 is 6.18. The van der Waals surface area contributed by atoms with Crippen molar-refractivity contribution in [1.82, 2.24) is 25.2 Å². The zero-order chi connectivity index (χ0) is 14.8. The van der Waals surface area contributed by atoms with Gasteiger partial charge in [0.1, 0.15) is 0 Å². The number of piperazine rings is 1. The number of hydrogen-bond acceptors (Lipinski definition) is 4. The lowest BCUT2D eigenvalue weighted by molar-refractivity contribution is 0.0729. The Hall–Kier alpha value is -1.92. The van der Waals surface area contributed by atoms with E-state index < -0.39 is 0 Å². The Balaban J connectivity index is 1.92. The standard InChI is InChI=1S/C14H16ClN5O/c1-10-13(14(21)19-8-6-16-7-9-19)17-18-20(10)12-5-3-2-4-11(12)15/h2-5,16H,6-9H2,1H3. The SMILES string of the molecule is Cc1c(C(=O)N2CCNCC2)nnn1-c1ccccc1Cl. The van der Waals surface area contributed by atoms with Crippen molar-refractivity contribution >= 4 is 17.5 Å². The minimum absolute atomic E-state index is 0.0766. The lowest BCUT2D eigenvalue weighted by Gasteiger charge is -2.26. The van der Waals surface area contributed by atoms with Crippen LogP contribution in [0.2, 0.25) is 5.02 Å². The van der Waals surface area contributed by atoms with E-state index in [1.807, 2.05) is 25.1 Å². The van der Waals surface area contributed by atoms with Crippen LogP contribution >= 0.6 is 11.6 Å². The monoisotopic (exact) mass is 305 g/mol. The molecule has 1 aliphatic heterocycles. The summed E-state index contributed by atoms with van der Waals surface area (Å²) in [5, 5.41) is 11.9. The van der Waals surface area contributed by atoms with Crippen molar-refractivity contribution in [3.05, 3.63) is 40.7 Å². The molecule has 1 amide bonds. The fourth-order valence-electron chi connectivity index (χ4n) is 2.40. The van der Waals surface area contributed by atoms with Crippen LogP contribution < -0.4 is 5.32 Å². The molecule has 1 aromatic heterocycles. The van der Waals surface area contributed by atoms with Gasteiger partial charge < -0.3 is 10.2 Å². The van der Waals surface area contributed by atoms with E-state index in [0.29, 0.717) is 29.5 Å². The van der Waals surface area contributed by atoms with Gasteiger partial charge in [0.05, 0.1) is 16.4 Å². The highest BCUT2D eigenvalue weighted by molar-refractivity contribution is 6.32. The molecule has 0 unspecified atom stereocenters. The van der Waals surface area contributed by atoms with Gasteiger partial charge in [-0.15, -0.1) is 5.10 Å². The molecule has 1 saturated heterocycles. The van der Waals surface area contributed by atoms with Crippen LogP contribution in [-0.2, 0) is 0 Å². The number of carbonyl (C=O) groups is 1. The Bertz CT molecular complexity index is 663. The van der Waals surface area contributed by atoms with E-state index in [0.717, 1.165) is 18.8 Å². The summed E-state index contributed by atoms with van der Waals surface area (Å²) in [7, 11) is 0. The van der Waals surface area contributed by atoms with E-state index >= 15 is 0 Å². The third kappa shape index (κ3) is 2.64. The van der Waals surface area contributed by atoms with Crippen molar-refractivity contribution in [3.8, 4) is 5.69 Å². The molecule has 0 saturated carbocycles. The van der Waals surface area contributed by atoms with Crippen LogP contribution in [0.3, 0.4) is 0 Å². The Kier molecular flexibility index (Phi) is 3.90. The van der Waals surface area contributed by atoms with Crippen LogP contribution in [0.1, 0.15) is 16.2 Å². The number of carbonyl (C=O) groups excluding carboxylic acids is 1. The molecule has 2 heterocycles. The molecule has 3 rings (SSSR count). The predicted molar refractivity (Wildman–Crippen MR) is 79.9 cm³/mol. The molecule has 21 heavy (non-hydrogen) atoms. The highest BCUT2D eigenvalue weighted by Crippen LogP contribution is 2.21. The van der Waals surface area contributed by atoms with E-state index in [1.54, 1.807) is 15.6 Å². The van der Waals surface area contributed by atoms with Gasteiger partial charge in [0.25, 0.3) is 5.91 Å². The first-order valence-electron chi connectivity index (χ1n) is 6.85. The molecule has 6 nitrogen and oxygen atoms in total. The van der Waals surface area contributed by atoms with Crippen molar-refractivity contribution < 1.29 is 4.79 Å². The molecule has 1 aromatic carbocycles. The number of halogens is 1. The molecule has 0 radical (unpaired) electrons. The van der Waals surface area contributed by atoms with Gasteiger partial charge in [-0.1, -0.05) is 28.9 Å². The van der Waals surface area contributed by atoms with Gasteiger partial charge >= 0.3 is 0 Å². The second kappa shape index (κ2) is 5.83. The van der Waals surface area contributed by atoms with Gasteiger partial charge in [-0.2, -0.15) is 0 Å². The van der Waals surface area contributed by atoms with Crippen LogP contribution in [0, 0.1) is 6.92 Å². The molecule has 1 N–H and O–H groups in total. The first kappa shape index (κ1) is 14.0. The Morgan fingerprint density at radius 2 is 2.00 bits per heavy atom. The van der Waals surface area contributed by atoms with Gasteiger partial charge in [-0.05, 0) is 19.1 Å². The highest BCUT2D eigenvalue weighted by Gasteiger charge is 2.24. The number of aromatic nitrogens is 3. The highest BCUT2D eigenvalue weighted by atomic mass is 35.5. The van der Waals surface area contributed by atoms with Crippen molar-refractivity contribution in [3.63, 3.8) is 0 Å². The van der Waals surface area contributed by atoms with Crippen LogP contribution in [-0.4, -0.2) is 52.0 Å². The van der Waals surface area contributed by atoms with E-state index in [9.17, 15) is 4.79 Å². The summed E-state index contributed by atoms with van der Waals surface area (Å²) in [5.74, 6) is -0.0766. The maximum Gasteiger partial charge on any atom is 0.276 e. The van der Waals surface area contributed by atoms with E-state index in [2.05, 4.69) is 15.6 Å². The van der Waals surface area contributed by atoms with Crippen molar-refractivity contribution in [2.75, 3.05) is 26.2 Å². The second-order valence-electron chi connectivity index (χ2n) is 4.93. The first-order chi connectivity index (χ1) is 10.2. The van der Waals surface area contributed by atoms with Gasteiger partial charge in [0.15, 0.2) is 5.69 Å². The topological polar surface area (TPSA) is 63.1 Å². The molecular formula is C14H16ClN5O. The largest absolute Gasteiger partial charge is 0.335 e. The number of rotatable bonds is 2. The summed E-state index contributed by atoms with van der Waals surface area (Å²) in [5.41, 5.74) is 1.81. The summed E-state index contributed by atoms with van der Waals surface area (Å²) in [6, 6.07) is 7.36. The molecule has 2 aromatic rings. The van der Waals surface area contributed by atoms with Crippen LogP contribution in [0.4, 0.5) is 0 Å². The van der Waals surface area contributed by atoms with Crippen molar-refractivity contribution in [2.45, 2.75) is 6.92 Å². The number of nitrogens with zero attached hydrogens (tertiary/aromatic N) is 4. The second-order valence-corrected chi connectivity index (χ2v) is 5.34. The molecule has 0 bridgehead atoms. The summed E-state index contributed by atoms with van der Waals surface area (Å²) in [6.45, 7) is 4.83. The summed E-state index contributed by atoms with van der Waals surface area (Å²) < 4.78 is 1.61. The maximum atomic E-state index is 12.5. The molecule has 0 spiro atoms. The molecule has 0 aliphatic carbocycles. The van der Waals surface area contributed by atoms with E-state index in [1.165, 1.54) is 0 Å². The Morgan fingerprint density at radius 3 is 2.71 bits per heavy atom. The van der Waals surface area contributed by atoms with E-state index in [4.69, 9.17) is 11.6 Å². The lowest BCUT2D eigenvalue weighted by atomic mass is 10.2. The van der Waals surface area contributed by atoms with Crippen LogP contribution in [0.15, 0.2) is 24.3 Å². The average molecular weight is 306 g/mol. The molecule has 7 heteroatoms.